The zero-order chi connectivity index (χ0) is 14.1. The molecule has 0 aromatic heterocycles. The smallest absolute Gasteiger partial charge is 0.407 e. The third-order valence-electron chi connectivity index (χ3n) is 1.97. The molecule has 0 aliphatic rings. The van der Waals surface area contributed by atoms with Gasteiger partial charge in [-0.1, -0.05) is 13.8 Å². The molecular formula is C11H21N3O4. The number of amides is 3. The van der Waals surface area contributed by atoms with E-state index < -0.39 is 12.0 Å². The minimum absolute atomic E-state index is 0.0978. The lowest BCUT2D eigenvalue weighted by Gasteiger charge is -2.15. The quantitative estimate of drug-likeness (QED) is 0.655. The van der Waals surface area contributed by atoms with Crippen molar-refractivity contribution in [1.29, 1.82) is 0 Å². The largest absolute Gasteiger partial charge is 0.449 e. The molecule has 0 heterocycles. The highest BCUT2D eigenvalue weighted by molar-refractivity contribution is 5.83. The van der Waals surface area contributed by atoms with Crippen LogP contribution in [0.15, 0.2) is 0 Å². The van der Waals surface area contributed by atoms with E-state index in [2.05, 4.69) is 5.32 Å². The number of carbonyl (C=O) groups is 3. The van der Waals surface area contributed by atoms with Gasteiger partial charge in [0.05, 0.1) is 13.2 Å². The Labute approximate surface area is 107 Å². The second-order valence-corrected chi connectivity index (χ2v) is 4.39. The molecule has 0 spiro atoms. The van der Waals surface area contributed by atoms with Gasteiger partial charge in [-0.3, -0.25) is 9.59 Å². The first-order chi connectivity index (χ1) is 8.32. The highest BCUT2D eigenvalue weighted by atomic mass is 16.5. The van der Waals surface area contributed by atoms with Gasteiger partial charge in [0.2, 0.25) is 11.8 Å². The fourth-order valence-electron chi connectivity index (χ4n) is 1.08. The first-order valence-electron chi connectivity index (χ1n) is 5.75. The standard InChI is InChI=1S/C11H21N3O4/c1-8(2)7-18-11(17)13-5-4-10(16)14(3)6-9(12)15/h8H,4-7H2,1-3H3,(H2,12,15)(H,13,17). The summed E-state index contributed by atoms with van der Waals surface area (Å²) in [5.74, 6) is -0.577. The number of rotatable bonds is 7. The topological polar surface area (TPSA) is 102 Å². The first-order valence-corrected chi connectivity index (χ1v) is 5.75. The molecule has 0 rings (SSSR count). The van der Waals surface area contributed by atoms with Crippen LogP contribution < -0.4 is 11.1 Å². The maximum atomic E-state index is 11.5. The summed E-state index contributed by atoms with van der Waals surface area (Å²) >= 11 is 0. The molecule has 7 heteroatoms. The van der Waals surface area contributed by atoms with Crippen molar-refractivity contribution in [2.24, 2.45) is 11.7 Å². The molecular weight excluding hydrogens is 238 g/mol. The van der Waals surface area contributed by atoms with Gasteiger partial charge in [-0.15, -0.1) is 0 Å². The van der Waals surface area contributed by atoms with Crippen LogP contribution in [0, 0.1) is 5.92 Å². The average molecular weight is 259 g/mol. The lowest BCUT2D eigenvalue weighted by Crippen LogP contribution is -2.37. The van der Waals surface area contributed by atoms with Crippen molar-refractivity contribution >= 4 is 17.9 Å². The Morgan fingerprint density at radius 1 is 1.33 bits per heavy atom. The number of alkyl carbamates (subject to hydrolysis) is 1. The van der Waals surface area contributed by atoms with Gasteiger partial charge >= 0.3 is 6.09 Å². The molecule has 0 fully saturated rings. The number of hydrogen-bond donors (Lipinski definition) is 2. The van der Waals surface area contributed by atoms with Gasteiger partial charge in [-0.25, -0.2) is 4.79 Å². The second kappa shape index (κ2) is 8.32. The summed E-state index contributed by atoms with van der Waals surface area (Å²) in [6, 6.07) is 0. The third-order valence-corrected chi connectivity index (χ3v) is 1.97. The Morgan fingerprint density at radius 3 is 2.44 bits per heavy atom. The van der Waals surface area contributed by atoms with Crippen LogP contribution in [0.4, 0.5) is 4.79 Å². The van der Waals surface area contributed by atoms with E-state index in [-0.39, 0.29) is 31.3 Å². The number of nitrogens with one attached hydrogen (secondary N) is 1. The number of carbonyl (C=O) groups excluding carboxylic acids is 3. The minimum Gasteiger partial charge on any atom is -0.449 e. The molecule has 0 aliphatic heterocycles. The number of hydrogen-bond acceptors (Lipinski definition) is 4. The summed E-state index contributed by atoms with van der Waals surface area (Å²) in [5, 5.41) is 2.45. The summed E-state index contributed by atoms with van der Waals surface area (Å²) in [6.07, 6.45) is -0.449. The van der Waals surface area contributed by atoms with Crippen LogP contribution in [0.3, 0.4) is 0 Å². The molecule has 7 nitrogen and oxygen atoms in total. The second-order valence-electron chi connectivity index (χ2n) is 4.39. The summed E-state index contributed by atoms with van der Waals surface area (Å²) in [5.41, 5.74) is 4.95. The summed E-state index contributed by atoms with van der Waals surface area (Å²) in [4.78, 5) is 34.4. The number of primary amides is 1. The molecule has 0 aromatic carbocycles. The number of ether oxygens (including phenoxy) is 1. The fraction of sp³-hybridized carbons (Fsp3) is 0.727. The monoisotopic (exact) mass is 259 g/mol. The van der Waals surface area contributed by atoms with Gasteiger partial charge in [-0.2, -0.15) is 0 Å². The summed E-state index contributed by atoms with van der Waals surface area (Å²) in [7, 11) is 1.48. The Bertz CT molecular complexity index is 305. The van der Waals surface area contributed by atoms with Crippen molar-refractivity contribution in [3.8, 4) is 0 Å². The van der Waals surface area contributed by atoms with E-state index in [1.165, 1.54) is 11.9 Å². The van der Waals surface area contributed by atoms with Crippen LogP contribution in [-0.4, -0.2) is 49.6 Å². The highest BCUT2D eigenvalue weighted by Gasteiger charge is 2.11. The van der Waals surface area contributed by atoms with Gasteiger partial charge in [0.15, 0.2) is 0 Å². The van der Waals surface area contributed by atoms with E-state index >= 15 is 0 Å². The molecule has 0 radical (unpaired) electrons. The summed E-state index contributed by atoms with van der Waals surface area (Å²) < 4.78 is 4.86. The van der Waals surface area contributed by atoms with Gasteiger partial charge in [0.25, 0.3) is 0 Å². The zero-order valence-corrected chi connectivity index (χ0v) is 11.1. The Hall–Kier alpha value is -1.79. The van der Waals surface area contributed by atoms with Crippen LogP contribution in [-0.2, 0) is 14.3 Å². The molecule has 0 saturated carbocycles. The number of nitrogens with zero attached hydrogens (tertiary/aromatic N) is 1. The first kappa shape index (κ1) is 16.2. The van der Waals surface area contributed by atoms with Gasteiger partial charge in [0.1, 0.15) is 0 Å². The van der Waals surface area contributed by atoms with E-state index in [1.54, 1.807) is 0 Å². The number of likely N-dealkylation sites (N-methyl/N-ethyl adjacent to an activating group) is 1. The van der Waals surface area contributed by atoms with Gasteiger partial charge in [0, 0.05) is 20.0 Å². The molecule has 3 amide bonds. The molecule has 0 atom stereocenters. The molecule has 0 aromatic rings. The van der Waals surface area contributed by atoms with Crippen LogP contribution in [0.5, 0.6) is 0 Å². The highest BCUT2D eigenvalue weighted by Crippen LogP contribution is 1.93. The molecule has 0 saturated heterocycles. The maximum absolute atomic E-state index is 11.5. The van der Waals surface area contributed by atoms with Crippen LogP contribution in [0.1, 0.15) is 20.3 Å². The van der Waals surface area contributed by atoms with E-state index in [0.29, 0.717) is 6.61 Å². The Morgan fingerprint density at radius 2 is 1.94 bits per heavy atom. The van der Waals surface area contributed by atoms with Gasteiger partial charge < -0.3 is 20.7 Å². The lowest BCUT2D eigenvalue weighted by atomic mass is 10.2. The molecule has 0 bridgehead atoms. The normalized spacial score (nSPS) is 10.0. The van der Waals surface area contributed by atoms with Gasteiger partial charge in [-0.05, 0) is 5.92 Å². The van der Waals surface area contributed by atoms with Crippen molar-refractivity contribution in [1.82, 2.24) is 10.2 Å². The van der Waals surface area contributed by atoms with E-state index in [9.17, 15) is 14.4 Å². The van der Waals surface area contributed by atoms with Crippen molar-refractivity contribution in [2.75, 3.05) is 26.7 Å². The molecule has 104 valence electrons. The predicted molar refractivity (Wildman–Crippen MR) is 65.6 cm³/mol. The van der Waals surface area contributed by atoms with Crippen molar-refractivity contribution < 1.29 is 19.1 Å². The third kappa shape index (κ3) is 8.37. The van der Waals surface area contributed by atoms with Crippen LogP contribution in [0.25, 0.3) is 0 Å². The summed E-state index contributed by atoms with van der Waals surface area (Å²) in [6.45, 7) is 4.22. The van der Waals surface area contributed by atoms with Crippen LogP contribution >= 0.6 is 0 Å². The van der Waals surface area contributed by atoms with Crippen LogP contribution in [0.2, 0.25) is 0 Å². The molecule has 18 heavy (non-hydrogen) atoms. The van der Waals surface area contributed by atoms with E-state index in [1.807, 2.05) is 13.8 Å². The minimum atomic E-state index is -0.574. The molecule has 0 unspecified atom stereocenters. The Kier molecular flexibility index (Phi) is 7.50. The fourth-order valence-corrected chi connectivity index (χ4v) is 1.08. The lowest BCUT2D eigenvalue weighted by molar-refractivity contribution is -0.133. The van der Waals surface area contributed by atoms with E-state index in [0.717, 1.165) is 0 Å². The average Bonchev–Trinajstić information content (AvgIpc) is 2.25. The molecule has 3 N–H and O–H groups in total. The SMILES string of the molecule is CC(C)COC(=O)NCCC(=O)N(C)CC(N)=O. The predicted octanol–water partition coefficient (Wildman–Crippen LogP) is -0.298. The Balaban J connectivity index is 3.73. The maximum Gasteiger partial charge on any atom is 0.407 e. The van der Waals surface area contributed by atoms with Crippen molar-refractivity contribution in [3.63, 3.8) is 0 Å². The zero-order valence-electron chi connectivity index (χ0n) is 11.1. The van der Waals surface area contributed by atoms with E-state index in [4.69, 9.17) is 10.5 Å². The van der Waals surface area contributed by atoms with Crippen molar-refractivity contribution in [3.05, 3.63) is 0 Å². The number of nitrogens with two attached hydrogens (primary N) is 1. The van der Waals surface area contributed by atoms with Crippen molar-refractivity contribution in [2.45, 2.75) is 20.3 Å². The molecule has 0 aliphatic carbocycles.